The summed E-state index contributed by atoms with van der Waals surface area (Å²) in [4.78, 5) is 13.1. The Bertz CT molecular complexity index is 427. The van der Waals surface area contributed by atoms with Gasteiger partial charge in [-0.2, -0.15) is 0 Å². The Labute approximate surface area is 109 Å². The van der Waals surface area contributed by atoms with Crippen LogP contribution in [0.2, 0.25) is 0 Å². The molecule has 0 aliphatic carbocycles. The highest BCUT2D eigenvalue weighted by molar-refractivity contribution is 6.18. The lowest BCUT2D eigenvalue weighted by atomic mass is 10.1. The summed E-state index contributed by atoms with van der Waals surface area (Å²) in [5.74, 6) is -0.384. The number of halogens is 3. The maximum atomic E-state index is 12.4. The molecular formula is C12H14ClF2NO2. The summed E-state index contributed by atoms with van der Waals surface area (Å²) in [7, 11) is 0. The molecule has 1 aromatic carbocycles. The molecule has 0 radical (unpaired) electrons. The van der Waals surface area contributed by atoms with Crippen LogP contribution in [-0.2, 0) is 0 Å². The molecule has 0 saturated heterocycles. The van der Waals surface area contributed by atoms with E-state index < -0.39 is 18.9 Å². The number of benzene rings is 1. The number of aryl methyl sites for hydroxylation is 1. The van der Waals surface area contributed by atoms with Gasteiger partial charge < -0.3 is 10.0 Å². The second kappa shape index (κ2) is 6.54. The van der Waals surface area contributed by atoms with E-state index in [-0.39, 0.29) is 18.2 Å². The fourth-order valence-corrected chi connectivity index (χ4v) is 1.81. The van der Waals surface area contributed by atoms with Crippen LogP contribution in [0.3, 0.4) is 0 Å². The molecule has 18 heavy (non-hydrogen) atoms. The molecule has 0 heterocycles. The van der Waals surface area contributed by atoms with Crippen LogP contribution in [0.5, 0.6) is 5.75 Å². The molecular weight excluding hydrogens is 264 g/mol. The van der Waals surface area contributed by atoms with E-state index in [1.807, 2.05) is 0 Å². The van der Waals surface area contributed by atoms with Gasteiger partial charge >= 0.3 is 0 Å². The van der Waals surface area contributed by atoms with Crippen LogP contribution in [0.25, 0.3) is 0 Å². The summed E-state index contributed by atoms with van der Waals surface area (Å²) in [6, 6.07) is 4.18. The number of carbonyl (C=O) groups excluding carboxylic acids is 1. The standard InChI is InChI=1S/C12H14ClF2NO2/c1-8-6-9(17)2-3-10(8)12(18)16(5-4-13)7-11(14)15/h2-3,6,11,17H,4-5,7H2,1H3. The van der Waals surface area contributed by atoms with Gasteiger partial charge in [0, 0.05) is 18.0 Å². The van der Waals surface area contributed by atoms with E-state index in [9.17, 15) is 18.7 Å². The van der Waals surface area contributed by atoms with Crippen molar-refractivity contribution in [3.63, 3.8) is 0 Å². The van der Waals surface area contributed by atoms with Crippen LogP contribution in [0, 0.1) is 6.92 Å². The minimum atomic E-state index is -2.60. The molecule has 1 N–H and O–H groups in total. The van der Waals surface area contributed by atoms with Crippen molar-refractivity contribution in [1.82, 2.24) is 4.90 Å². The maximum Gasteiger partial charge on any atom is 0.255 e. The van der Waals surface area contributed by atoms with E-state index in [2.05, 4.69) is 0 Å². The second-order valence-electron chi connectivity index (χ2n) is 3.83. The van der Waals surface area contributed by atoms with Crippen LogP contribution in [0.4, 0.5) is 8.78 Å². The Morgan fingerprint density at radius 1 is 1.50 bits per heavy atom. The molecule has 100 valence electrons. The lowest BCUT2D eigenvalue weighted by Gasteiger charge is -2.22. The highest BCUT2D eigenvalue weighted by Gasteiger charge is 2.20. The highest BCUT2D eigenvalue weighted by atomic mass is 35.5. The number of carbonyl (C=O) groups is 1. The zero-order valence-corrected chi connectivity index (χ0v) is 10.6. The first-order valence-corrected chi connectivity index (χ1v) is 5.92. The minimum Gasteiger partial charge on any atom is -0.508 e. The van der Waals surface area contributed by atoms with Crippen molar-refractivity contribution in [3.05, 3.63) is 29.3 Å². The van der Waals surface area contributed by atoms with Crippen molar-refractivity contribution in [2.24, 2.45) is 0 Å². The second-order valence-corrected chi connectivity index (χ2v) is 4.21. The molecule has 1 aromatic rings. The Kier molecular flexibility index (Phi) is 5.34. The fraction of sp³-hybridized carbons (Fsp3) is 0.417. The molecule has 0 fully saturated rings. The van der Waals surface area contributed by atoms with Gasteiger partial charge in [-0.15, -0.1) is 11.6 Å². The van der Waals surface area contributed by atoms with E-state index in [0.717, 1.165) is 4.90 Å². The summed E-state index contributed by atoms with van der Waals surface area (Å²) in [5.41, 5.74) is 0.826. The van der Waals surface area contributed by atoms with Gasteiger partial charge in [-0.05, 0) is 30.7 Å². The van der Waals surface area contributed by atoms with Crippen LogP contribution in [-0.4, -0.2) is 41.3 Å². The van der Waals surface area contributed by atoms with Gasteiger partial charge in [-0.1, -0.05) is 0 Å². The lowest BCUT2D eigenvalue weighted by molar-refractivity contribution is 0.0570. The molecule has 3 nitrogen and oxygen atoms in total. The van der Waals surface area contributed by atoms with Crippen molar-refractivity contribution >= 4 is 17.5 Å². The average Bonchev–Trinajstić information content (AvgIpc) is 2.27. The monoisotopic (exact) mass is 277 g/mol. The van der Waals surface area contributed by atoms with Gasteiger partial charge in [0.05, 0.1) is 6.54 Å². The van der Waals surface area contributed by atoms with Crippen molar-refractivity contribution in [2.75, 3.05) is 19.0 Å². The topological polar surface area (TPSA) is 40.5 Å². The smallest absolute Gasteiger partial charge is 0.255 e. The molecule has 1 rings (SSSR count). The molecule has 0 bridgehead atoms. The molecule has 0 saturated carbocycles. The van der Waals surface area contributed by atoms with Crippen LogP contribution in [0.1, 0.15) is 15.9 Å². The van der Waals surface area contributed by atoms with E-state index >= 15 is 0 Å². The van der Waals surface area contributed by atoms with Crippen LogP contribution in [0.15, 0.2) is 18.2 Å². The Balaban J connectivity index is 2.94. The van der Waals surface area contributed by atoms with Gasteiger partial charge in [-0.25, -0.2) is 8.78 Å². The number of phenolic OH excluding ortho intramolecular Hbond substituents is 1. The van der Waals surface area contributed by atoms with Crippen molar-refractivity contribution in [2.45, 2.75) is 13.3 Å². The SMILES string of the molecule is Cc1cc(O)ccc1C(=O)N(CCCl)CC(F)F. The van der Waals surface area contributed by atoms with Gasteiger partial charge in [0.1, 0.15) is 5.75 Å². The van der Waals surface area contributed by atoms with Crippen molar-refractivity contribution in [3.8, 4) is 5.75 Å². The predicted octanol–water partition coefficient (Wildman–Crippen LogP) is 2.65. The van der Waals surface area contributed by atoms with E-state index in [0.29, 0.717) is 11.1 Å². The first kappa shape index (κ1) is 14.7. The normalized spacial score (nSPS) is 10.7. The Morgan fingerprint density at radius 3 is 2.67 bits per heavy atom. The van der Waals surface area contributed by atoms with Crippen molar-refractivity contribution in [1.29, 1.82) is 0 Å². The largest absolute Gasteiger partial charge is 0.508 e. The molecule has 0 aromatic heterocycles. The maximum absolute atomic E-state index is 12.4. The van der Waals surface area contributed by atoms with Gasteiger partial charge in [0.25, 0.3) is 12.3 Å². The minimum absolute atomic E-state index is 0.0294. The summed E-state index contributed by atoms with van der Waals surface area (Å²) < 4.78 is 24.7. The number of amides is 1. The quantitative estimate of drug-likeness (QED) is 0.841. The fourth-order valence-electron chi connectivity index (χ4n) is 1.60. The van der Waals surface area contributed by atoms with E-state index in [1.165, 1.54) is 18.2 Å². The third kappa shape index (κ3) is 3.84. The highest BCUT2D eigenvalue weighted by Crippen LogP contribution is 2.18. The van der Waals surface area contributed by atoms with Gasteiger partial charge in [-0.3, -0.25) is 4.79 Å². The Hall–Kier alpha value is -1.36. The number of hydrogen-bond acceptors (Lipinski definition) is 2. The molecule has 6 heteroatoms. The molecule has 0 unspecified atom stereocenters. The summed E-state index contributed by atoms with van der Waals surface area (Å²) in [6.07, 6.45) is -2.60. The zero-order valence-electron chi connectivity index (χ0n) is 9.87. The number of nitrogens with zero attached hydrogens (tertiary/aromatic N) is 1. The summed E-state index contributed by atoms with van der Waals surface area (Å²) >= 11 is 5.50. The van der Waals surface area contributed by atoms with Gasteiger partial charge in [0.15, 0.2) is 0 Å². The molecule has 0 atom stereocenters. The molecule has 1 amide bonds. The van der Waals surface area contributed by atoms with Crippen LogP contribution < -0.4 is 0 Å². The number of phenols is 1. The third-order valence-electron chi connectivity index (χ3n) is 2.44. The molecule has 0 spiro atoms. The molecule has 0 aliphatic heterocycles. The third-order valence-corrected chi connectivity index (χ3v) is 2.61. The molecule has 0 aliphatic rings. The summed E-state index contributed by atoms with van der Waals surface area (Å²) in [6.45, 7) is 1.05. The number of alkyl halides is 3. The lowest BCUT2D eigenvalue weighted by Crippen LogP contribution is -2.36. The predicted molar refractivity (Wildman–Crippen MR) is 65.5 cm³/mol. The first-order chi connectivity index (χ1) is 8.45. The van der Waals surface area contributed by atoms with E-state index in [1.54, 1.807) is 6.92 Å². The Morgan fingerprint density at radius 2 is 2.17 bits per heavy atom. The van der Waals surface area contributed by atoms with Crippen LogP contribution >= 0.6 is 11.6 Å². The van der Waals surface area contributed by atoms with Crippen molar-refractivity contribution < 1.29 is 18.7 Å². The van der Waals surface area contributed by atoms with E-state index in [4.69, 9.17) is 11.6 Å². The average molecular weight is 278 g/mol. The number of rotatable bonds is 5. The summed E-state index contributed by atoms with van der Waals surface area (Å²) in [5, 5.41) is 9.24. The zero-order chi connectivity index (χ0) is 13.7. The number of hydrogen-bond donors (Lipinski definition) is 1. The van der Waals surface area contributed by atoms with Gasteiger partial charge in [0.2, 0.25) is 0 Å². The first-order valence-electron chi connectivity index (χ1n) is 5.38. The number of aromatic hydroxyl groups is 1.